The fourth-order valence-corrected chi connectivity index (χ4v) is 3.07. The standard InChI is InChI=1S/C10H7Cl2N2O4S/c11-6-2-1-5(3-7-8(15)4-13-14-7)10(9(6)12)19(16,17)18/h1-2,15H,3H2,(H,13,14)(H,16,17,18). The van der Waals surface area contributed by atoms with Crippen LogP contribution in [0.4, 0.5) is 0 Å². The Kier molecular flexibility index (Phi) is 3.73. The maximum Gasteiger partial charge on any atom is 0.296 e. The zero-order chi connectivity index (χ0) is 14.2. The van der Waals surface area contributed by atoms with Gasteiger partial charge >= 0.3 is 0 Å². The zero-order valence-electron chi connectivity index (χ0n) is 9.18. The van der Waals surface area contributed by atoms with Gasteiger partial charge in [0.2, 0.25) is 0 Å². The quantitative estimate of drug-likeness (QED) is 0.751. The molecule has 1 aromatic carbocycles. The molecule has 0 unspecified atom stereocenters. The minimum atomic E-state index is -4.55. The summed E-state index contributed by atoms with van der Waals surface area (Å²) < 4.78 is 31.9. The number of rotatable bonds is 3. The molecule has 6 nitrogen and oxygen atoms in total. The monoisotopic (exact) mass is 321 g/mol. The van der Waals surface area contributed by atoms with Crippen LogP contribution in [0.15, 0.2) is 17.0 Å². The van der Waals surface area contributed by atoms with Crippen LogP contribution >= 0.6 is 23.2 Å². The van der Waals surface area contributed by atoms with E-state index in [1.807, 2.05) is 0 Å². The zero-order valence-corrected chi connectivity index (χ0v) is 11.5. The molecule has 9 heteroatoms. The van der Waals surface area contributed by atoms with Crippen molar-refractivity contribution in [2.75, 3.05) is 0 Å². The lowest BCUT2D eigenvalue weighted by Crippen LogP contribution is -2.05. The highest BCUT2D eigenvalue weighted by Gasteiger charge is 2.23. The van der Waals surface area contributed by atoms with Crippen molar-refractivity contribution in [2.24, 2.45) is 0 Å². The summed E-state index contributed by atoms with van der Waals surface area (Å²) in [6.07, 6.45) is 2.22. The molecule has 1 heterocycles. The smallest absolute Gasteiger partial charge is 0.296 e. The molecule has 2 aromatic rings. The maximum atomic E-state index is 11.4. The van der Waals surface area contributed by atoms with Gasteiger partial charge in [0, 0.05) is 6.42 Å². The van der Waals surface area contributed by atoms with Crippen LogP contribution in [0.3, 0.4) is 0 Å². The molecule has 3 N–H and O–H groups in total. The predicted octanol–water partition coefficient (Wildman–Crippen LogP) is 2.06. The van der Waals surface area contributed by atoms with Crippen molar-refractivity contribution in [1.29, 1.82) is 0 Å². The summed E-state index contributed by atoms with van der Waals surface area (Å²) in [5, 5.41) is 15.1. The Balaban J connectivity index is 2.59. The lowest BCUT2D eigenvalue weighted by atomic mass is 10.1. The molecular formula is C10H7Cl2N2O4S. The molecule has 0 saturated carbocycles. The summed E-state index contributed by atoms with van der Waals surface area (Å²) in [4.78, 5) is -0.490. The van der Waals surface area contributed by atoms with Crippen LogP contribution in [0.1, 0.15) is 11.3 Å². The van der Waals surface area contributed by atoms with Gasteiger partial charge < -0.3 is 5.11 Å². The second-order valence-electron chi connectivity index (χ2n) is 3.66. The van der Waals surface area contributed by atoms with Crippen molar-refractivity contribution in [3.8, 4) is 5.75 Å². The van der Waals surface area contributed by atoms with E-state index < -0.39 is 15.0 Å². The molecule has 0 bridgehead atoms. The van der Waals surface area contributed by atoms with E-state index in [1.54, 1.807) is 0 Å². The van der Waals surface area contributed by atoms with E-state index >= 15 is 0 Å². The maximum absolute atomic E-state index is 11.4. The van der Waals surface area contributed by atoms with Crippen molar-refractivity contribution in [1.82, 2.24) is 10.2 Å². The van der Waals surface area contributed by atoms with Crippen molar-refractivity contribution in [2.45, 2.75) is 11.3 Å². The largest absolute Gasteiger partial charge is 0.504 e. The first-order valence-electron chi connectivity index (χ1n) is 4.89. The highest BCUT2D eigenvalue weighted by molar-refractivity contribution is 7.86. The topological polar surface area (TPSA) is 103 Å². The van der Waals surface area contributed by atoms with Crippen LogP contribution in [0.5, 0.6) is 5.75 Å². The minimum absolute atomic E-state index is 0.00145. The Morgan fingerprint density at radius 1 is 1.37 bits per heavy atom. The van der Waals surface area contributed by atoms with Gasteiger partial charge in [0.1, 0.15) is 4.90 Å². The van der Waals surface area contributed by atoms with Crippen molar-refractivity contribution >= 4 is 33.3 Å². The lowest BCUT2D eigenvalue weighted by molar-refractivity contribution is 0.467. The fourth-order valence-electron chi connectivity index (χ4n) is 1.57. The number of hydrogen-bond acceptors (Lipinski definition) is 4. The van der Waals surface area contributed by atoms with E-state index in [1.165, 1.54) is 12.1 Å². The summed E-state index contributed by atoms with van der Waals surface area (Å²) in [6.45, 7) is 0. The number of aromatic amines is 1. The predicted molar refractivity (Wildman–Crippen MR) is 68.2 cm³/mol. The molecule has 19 heavy (non-hydrogen) atoms. The molecule has 0 saturated heterocycles. The number of nitrogens with one attached hydrogen (secondary N) is 1. The van der Waals surface area contributed by atoms with E-state index in [0.29, 0.717) is 0 Å². The summed E-state index contributed by atoms with van der Waals surface area (Å²) >= 11 is 11.5. The number of benzene rings is 1. The van der Waals surface area contributed by atoms with Crippen LogP contribution in [-0.2, 0) is 16.5 Å². The summed E-state index contributed by atoms with van der Waals surface area (Å²) in [5.74, 6) is -0.243. The van der Waals surface area contributed by atoms with E-state index in [0.717, 1.165) is 0 Å². The van der Waals surface area contributed by atoms with Crippen LogP contribution in [0, 0.1) is 6.20 Å². The van der Waals surface area contributed by atoms with Gasteiger partial charge in [0.25, 0.3) is 10.1 Å². The van der Waals surface area contributed by atoms with E-state index in [2.05, 4.69) is 16.4 Å². The first-order valence-corrected chi connectivity index (χ1v) is 7.08. The van der Waals surface area contributed by atoms with Gasteiger partial charge in [-0.3, -0.25) is 9.65 Å². The normalized spacial score (nSPS) is 11.7. The number of H-pyrrole nitrogens is 1. The molecule has 1 aromatic heterocycles. The molecule has 0 amide bonds. The fraction of sp³-hybridized carbons (Fsp3) is 0.100. The van der Waals surface area contributed by atoms with Gasteiger partial charge in [-0.25, -0.2) is 0 Å². The van der Waals surface area contributed by atoms with Gasteiger partial charge in [-0.1, -0.05) is 29.3 Å². The van der Waals surface area contributed by atoms with Crippen LogP contribution in [0.25, 0.3) is 0 Å². The van der Waals surface area contributed by atoms with E-state index in [4.69, 9.17) is 23.2 Å². The Bertz CT molecular complexity index is 727. The Labute approximate surface area is 118 Å². The third kappa shape index (κ3) is 2.84. The lowest BCUT2D eigenvalue weighted by Gasteiger charge is -2.09. The molecule has 0 aliphatic carbocycles. The SMILES string of the molecule is O=S(=O)(O)c1c(Cc2[nH]n[c]c2O)ccc(Cl)c1Cl. The van der Waals surface area contributed by atoms with E-state index in [-0.39, 0.29) is 33.5 Å². The molecule has 0 fully saturated rings. The van der Waals surface area contributed by atoms with E-state index in [9.17, 15) is 18.1 Å². The average Bonchev–Trinajstić information content (AvgIpc) is 2.68. The number of aromatic nitrogens is 2. The minimum Gasteiger partial charge on any atom is -0.504 e. The van der Waals surface area contributed by atoms with Crippen molar-refractivity contribution in [3.05, 3.63) is 39.6 Å². The molecule has 0 aliphatic rings. The van der Waals surface area contributed by atoms with Crippen molar-refractivity contribution in [3.63, 3.8) is 0 Å². The van der Waals surface area contributed by atoms with Gasteiger partial charge in [0.15, 0.2) is 11.9 Å². The first-order chi connectivity index (χ1) is 8.80. The van der Waals surface area contributed by atoms with Crippen LogP contribution in [0.2, 0.25) is 10.0 Å². The first kappa shape index (κ1) is 14.1. The Hall–Kier alpha value is -1.28. The second-order valence-corrected chi connectivity index (χ2v) is 5.81. The molecule has 101 valence electrons. The Morgan fingerprint density at radius 3 is 2.58 bits per heavy atom. The summed E-state index contributed by atoms with van der Waals surface area (Å²) in [7, 11) is -4.55. The van der Waals surface area contributed by atoms with Crippen LogP contribution in [-0.4, -0.2) is 28.3 Å². The second kappa shape index (κ2) is 5.01. The highest BCUT2D eigenvalue weighted by Crippen LogP contribution is 2.33. The third-order valence-corrected chi connectivity index (χ3v) is 4.29. The van der Waals surface area contributed by atoms with Gasteiger partial charge in [-0.15, -0.1) is 0 Å². The molecule has 0 aliphatic heterocycles. The third-order valence-electron chi connectivity index (χ3n) is 2.40. The average molecular weight is 322 g/mol. The number of halogens is 2. The summed E-state index contributed by atoms with van der Waals surface area (Å²) in [5.41, 5.74) is 0.410. The number of nitrogens with zero attached hydrogens (tertiary/aromatic N) is 1. The Morgan fingerprint density at radius 2 is 2.05 bits per heavy atom. The molecule has 0 spiro atoms. The van der Waals surface area contributed by atoms with Crippen molar-refractivity contribution < 1.29 is 18.1 Å². The van der Waals surface area contributed by atoms with Gasteiger partial charge in [-0.05, 0) is 11.6 Å². The van der Waals surface area contributed by atoms with Gasteiger partial charge in [0.05, 0.1) is 15.7 Å². The molecule has 0 atom stereocenters. The molecular weight excluding hydrogens is 315 g/mol. The number of hydrogen-bond donors (Lipinski definition) is 3. The summed E-state index contributed by atoms with van der Waals surface area (Å²) in [6, 6.07) is 2.78. The van der Waals surface area contributed by atoms with Crippen LogP contribution < -0.4 is 0 Å². The molecule has 2 rings (SSSR count). The van der Waals surface area contributed by atoms with Gasteiger partial charge in [-0.2, -0.15) is 13.5 Å². The molecule has 1 radical (unpaired) electrons. The highest BCUT2D eigenvalue weighted by atomic mass is 35.5. The number of aromatic hydroxyl groups is 1.